The van der Waals surface area contributed by atoms with Gasteiger partial charge in [-0.25, -0.2) is 4.21 Å². The summed E-state index contributed by atoms with van der Waals surface area (Å²) < 4.78 is 22.9. The largest absolute Gasteiger partial charge is 0.490 e. The van der Waals surface area contributed by atoms with E-state index in [1.807, 2.05) is 31.2 Å². The second-order valence-electron chi connectivity index (χ2n) is 14.6. The van der Waals surface area contributed by atoms with Crippen molar-refractivity contribution in [2.75, 3.05) is 31.7 Å². The van der Waals surface area contributed by atoms with Gasteiger partial charge in [-0.3, -0.25) is 9.52 Å². The van der Waals surface area contributed by atoms with Crippen LogP contribution in [0.3, 0.4) is 0 Å². The SMILES string of the molecule is CC1CCC[C@@H](Cc2ccccc2)C2CCC2CN2CC3(CCCc4cc(Cl)ccc43)COc3ccc(cc32)C(=O)NS(=O)C1C.CO. The molecule has 0 radical (unpaired) electrons. The van der Waals surface area contributed by atoms with Gasteiger partial charge in [0, 0.05) is 36.2 Å². The number of carbonyl (C=O) groups is 1. The summed E-state index contributed by atoms with van der Waals surface area (Å²) in [6, 6.07) is 23.2. The molecule has 2 aliphatic carbocycles. The van der Waals surface area contributed by atoms with Crippen LogP contribution in [0.15, 0.2) is 66.7 Å². The summed E-state index contributed by atoms with van der Waals surface area (Å²) in [7, 11) is -0.465. The van der Waals surface area contributed by atoms with Gasteiger partial charge in [0.15, 0.2) is 0 Å². The van der Waals surface area contributed by atoms with Crippen molar-refractivity contribution in [2.24, 2.45) is 23.7 Å². The quantitative estimate of drug-likeness (QED) is 0.286. The number of hydrogen-bond acceptors (Lipinski definition) is 5. The summed E-state index contributed by atoms with van der Waals surface area (Å²) in [5, 5.41) is 7.67. The molecule has 2 N–H and O–H groups in total. The van der Waals surface area contributed by atoms with Crippen LogP contribution in [-0.4, -0.2) is 47.3 Å². The highest BCUT2D eigenvalue weighted by Gasteiger charge is 2.44. The van der Waals surface area contributed by atoms with Crippen LogP contribution in [0.2, 0.25) is 5.02 Å². The molecule has 258 valence electrons. The van der Waals surface area contributed by atoms with Crippen molar-refractivity contribution in [1.29, 1.82) is 0 Å². The van der Waals surface area contributed by atoms with Crippen molar-refractivity contribution < 1.29 is 18.8 Å². The minimum atomic E-state index is -1.47. The van der Waals surface area contributed by atoms with E-state index >= 15 is 0 Å². The number of benzene rings is 3. The molecule has 6 unspecified atom stereocenters. The molecule has 3 aromatic rings. The maximum Gasteiger partial charge on any atom is 0.263 e. The Morgan fingerprint density at radius 1 is 1.00 bits per heavy atom. The lowest BCUT2D eigenvalue weighted by molar-refractivity contribution is 0.0973. The molecule has 0 saturated heterocycles. The maximum atomic E-state index is 13.5. The van der Waals surface area contributed by atoms with Gasteiger partial charge < -0.3 is 14.7 Å². The highest BCUT2D eigenvalue weighted by Crippen LogP contribution is 2.48. The zero-order valence-corrected chi connectivity index (χ0v) is 30.2. The Morgan fingerprint density at radius 2 is 1.81 bits per heavy atom. The van der Waals surface area contributed by atoms with Gasteiger partial charge >= 0.3 is 0 Å². The van der Waals surface area contributed by atoms with E-state index in [1.54, 1.807) is 0 Å². The van der Waals surface area contributed by atoms with E-state index in [0.717, 1.165) is 75.2 Å². The number of rotatable bonds is 2. The number of fused-ring (bicyclic) bond motifs is 4. The molecule has 4 aliphatic rings. The first kappa shape index (κ1) is 35.0. The fourth-order valence-corrected chi connectivity index (χ4v) is 10.00. The summed E-state index contributed by atoms with van der Waals surface area (Å²) in [4.78, 5) is 16.1. The Morgan fingerprint density at radius 3 is 2.58 bits per heavy atom. The molecule has 6 nitrogen and oxygen atoms in total. The second-order valence-corrected chi connectivity index (χ2v) is 16.6. The number of aliphatic hydroxyl groups is 1. The molecule has 2 bridgehead atoms. The second kappa shape index (κ2) is 15.3. The standard InChI is InChI=1S/C39H47ClN2O3S.CH4O/c1-26-8-6-11-29(20-28-9-4-3-5-10-28)34-16-13-32(34)23-42-24-39(19-7-12-30-21-33(40)15-17-35(30)39)25-45-37-18-14-31(22-36(37)42)38(43)41-46(44)27(26)2;1-2/h3-5,9-10,14-15,17-18,21-22,26-27,29,32,34H,6-8,11-13,16,19-20,23-25H2,1-2H3,(H,41,43);2H,1H3/t26?,27?,29-,32?,34?,39?,46?;/m0./s1. The van der Waals surface area contributed by atoms with Gasteiger partial charge in [0.1, 0.15) is 16.7 Å². The number of nitrogens with zero attached hydrogens (tertiary/aromatic N) is 1. The van der Waals surface area contributed by atoms with Crippen molar-refractivity contribution in [3.05, 3.63) is 94.0 Å². The van der Waals surface area contributed by atoms with Gasteiger partial charge in [0.2, 0.25) is 0 Å². The molecule has 2 aliphatic heterocycles. The lowest BCUT2D eigenvalue weighted by Gasteiger charge is -2.47. The lowest BCUT2D eigenvalue weighted by Crippen LogP contribution is -2.49. The monoisotopic (exact) mass is 690 g/mol. The number of carbonyl (C=O) groups excluding carboxylic acids is 1. The summed E-state index contributed by atoms with van der Waals surface area (Å²) >= 11 is 6.48. The summed E-state index contributed by atoms with van der Waals surface area (Å²) in [6.45, 7) is 6.57. The van der Waals surface area contributed by atoms with Gasteiger partial charge in [-0.05, 0) is 129 Å². The van der Waals surface area contributed by atoms with Crippen LogP contribution in [0.4, 0.5) is 5.69 Å². The zero-order valence-electron chi connectivity index (χ0n) is 28.6. The van der Waals surface area contributed by atoms with E-state index in [9.17, 15) is 9.00 Å². The fraction of sp³-hybridized carbons (Fsp3) is 0.525. The summed E-state index contributed by atoms with van der Waals surface area (Å²) in [5.74, 6) is 2.65. The van der Waals surface area contributed by atoms with Gasteiger partial charge in [-0.15, -0.1) is 0 Å². The Balaban J connectivity index is 0.00000197. The van der Waals surface area contributed by atoms with Crippen molar-refractivity contribution >= 4 is 34.2 Å². The number of amides is 1. The average Bonchev–Trinajstić information content (AvgIpc) is 3.23. The molecular weight excluding hydrogens is 640 g/mol. The third-order valence-electron chi connectivity index (χ3n) is 11.7. The number of anilines is 1. The van der Waals surface area contributed by atoms with Crippen LogP contribution in [-0.2, 0) is 29.2 Å². The Bertz CT molecular complexity index is 1600. The van der Waals surface area contributed by atoms with Gasteiger partial charge in [-0.2, -0.15) is 0 Å². The van der Waals surface area contributed by atoms with Crippen molar-refractivity contribution in [1.82, 2.24) is 4.72 Å². The van der Waals surface area contributed by atoms with Crippen LogP contribution >= 0.6 is 11.6 Å². The number of aryl methyl sites for hydroxylation is 1. The summed E-state index contributed by atoms with van der Waals surface area (Å²) in [5.41, 5.74) is 5.47. The molecule has 48 heavy (non-hydrogen) atoms. The highest BCUT2D eigenvalue weighted by molar-refractivity contribution is 7.84. The molecule has 7 atom stereocenters. The smallest absolute Gasteiger partial charge is 0.263 e. The fourth-order valence-electron chi connectivity index (χ4n) is 8.76. The molecule has 3 aromatic carbocycles. The number of aliphatic hydroxyl groups excluding tert-OH is 1. The minimum absolute atomic E-state index is 0.124. The maximum absolute atomic E-state index is 13.5. The first-order valence-electron chi connectivity index (χ1n) is 17.8. The molecule has 2 heterocycles. The van der Waals surface area contributed by atoms with Gasteiger partial charge in [-0.1, -0.05) is 61.3 Å². The van der Waals surface area contributed by atoms with Crippen molar-refractivity contribution in [3.63, 3.8) is 0 Å². The van der Waals surface area contributed by atoms with E-state index in [-0.39, 0.29) is 22.5 Å². The van der Waals surface area contributed by atoms with Crippen LogP contribution in [0.5, 0.6) is 5.75 Å². The zero-order chi connectivity index (χ0) is 33.8. The predicted molar refractivity (Wildman–Crippen MR) is 196 cm³/mol. The third kappa shape index (κ3) is 7.34. The lowest BCUT2D eigenvalue weighted by atomic mass is 9.63. The molecular formula is C40H51ClN2O4S. The van der Waals surface area contributed by atoms with Crippen LogP contribution in [0.1, 0.15) is 85.8 Å². The third-order valence-corrected chi connectivity index (χ3v) is 13.5. The Kier molecular flexibility index (Phi) is 11.2. The molecule has 1 spiro atoms. The average molecular weight is 691 g/mol. The topological polar surface area (TPSA) is 78.9 Å². The first-order chi connectivity index (χ1) is 23.3. The summed E-state index contributed by atoms with van der Waals surface area (Å²) in [6.07, 6.45) is 10.1. The van der Waals surface area contributed by atoms with E-state index in [2.05, 4.69) is 59.0 Å². The Hall–Kier alpha value is -2.87. The highest BCUT2D eigenvalue weighted by atomic mass is 35.5. The van der Waals surface area contributed by atoms with Crippen LogP contribution < -0.4 is 14.4 Å². The van der Waals surface area contributed by atoms with Crippen LogP contribution in [0, 0.1) is 23.7 Å². The van der Waals surface area contributed by atoms with Crippen molar-refractivity contribution in [2.45, 2.75) is 82.3 Å². The molecule has 1 fully saturated rings. The van der Waals surface area contributed by atoms with Gasteiger partial charge in [0.05, 0.1) is 17.5 Å². The molecule has 0 aromatic heterocycles. The number of nitrogens with one attached hydrogen (secondary N) is 1. The minimum Gasteiger partial charge on any atom is -0.490 e. The molecule has 7 rings (SSSR count). The first-order valence-corrected chi connectivity index (χ1v) is 19.4. The van der Waals surface area contributed by atoms with E-state index < -0.39 is 11.0 Å². The van der Waals surface area contributed by atoms with Crippen LogP contribution in [0.25, 0.3) is 0 Å². The van der Waals surface area contributed by atoms with Gasteiger partial charge in [0.25, 0.3) is 5.91 Å². The Labute approximate surface area is 294 Å². The normalized spacial score (nSPS) is 30.3. The number of ether oxygens (including phenoxy) is 1. The van der Waals surface area contributed by atoms with Crippen molar-refractivity contribution in [3.8, 4) is 5.75 Å². The number of hydrogen-bond donors (Lipinski definition) is 2. The number of halogens is 1. The molecule has 8 heteroatoms. The molecule has 1 saturated carbocycles. The van der Waals surface area contributed by atoms with E-state index in [0.29, 0.717) is 29.9 Å². The predicted octanol–water partition coefficient (Wildman–Crippen LogP) is 7.91. The van der Waals surface area contributed by atoms with E-state index in [1.165, 1.54) is 36.0 Å². The van der Waals surface area contributed by atoms with E-state index in [4.69, 9.17) is 21.4 Å². The molecule has 1 amide bonds.